The normalized spacial score (nSPS) is 12.5. The highest BCUT2D eigenvalue weighted by Crippen LogP contribution is 2.47. The summed E-state index contributed by atoms with van der Waals surface area (Å²) < 4.78 is 4.76. The van der Waals surface area contributed by atoms with E-state index in [1.807, 2.05) is 12.1 Å². The number of aromatic nitrogens is 4. The fourth-order valence-electron chi connectivity index (χ4n) is 6.99. The van der Waals surface area contributed by atoms with Crippen LogP contribution in [0.3, 0.4) is 0 Å². The van der Waals surface area contributed by atoms with Crippen LogP contribution in [-0.2, 0) is 0 Å². The highest BCUT2D eigenvalue weighted by atomic mass is 15.0. The second-order valence-corrected chi connectivity index (χ2v) is 10.6. The third kappa shape index (κ3) is 2.38. The van der Waals surface area contributed by atoms with Gasteiger partial charge < -0.3 is 4.57 Å². The Kier molecular flexibility index (Phi) is 3.65. The zero-order valence-electron chi connectivity index (χ0n) is 21.3. The molecule has 0 unspecified atom stereocenters. The fraction of sp³-hybridized carbons (Fsp3) is 0. The molecule has 4 heteroatoms. The van der Waals surface area contributed by atoms with Crippen molar-refractivity contribution in [2.45, 2.75) is 0 Å². The Bertz CT molecular complexity index is 2640. The lowest BCUT2D eigenvalue weighted by atomic mass is 10.0. The van der Waals surface area contributed by atoms with Crippen molar-refractivity contribution in [1.82, 2.24) is 18.9 Å². The monoisotopic (exact) mass is 508 g/mol. The topological polar surface area (TPSA) is 35.1 Å². The minimum atomic E-state index is 0.904. The van der Waals surface area contributed by atoms with E-state index in [0.29, 0.717) is 0 Å². The fourth-order valence-corrected chi connectivity index (χ4v) is 6.99. The third-order valence-corrected chi connectivity index (χ3v) is 8.59. The molecule has 0 atom stereocenters. The van der Waals surface area contributed by atoms with E-state index in [-0.39, 0.29) is 0 Å². The average Bonchev–Trinajstić information content (AvgIpc) is 3.64. The van der Waals surface area contributed by atoms with Gasteiger partial charge in [0.25, 0.3) is 0 Å². The van der Waals surface area contributed by atoms with Crippen LogP contribution in [0.2, 0.25) is 0 Å². The Morgan fingerprint density at radius 2 is 1.20 bits per heavy atom. The molecule has 0 N–H and O–H groups in total. The standard InChI is InChI=1S/C36H20N4/c1-2-11-22(12-3-1)39-29-17-9-6-14-24(29)25-20-26-31-23-13-5-4-10-21(23)18-19-30(31)40-35(26)32(34(25)39)33-36(40)38-28-16-8-7-15-27(28)37-33/h1-20H. The number of rotatable bonds is 1. The SMILES string of the molecule is c1ccc(-n2c3ccccc3c3cc4c5c6ccccc6ccc5n5c6nc7ccccc7nc6c(c32)c45)cc1. The van der Waals surface area contributed by atoms with Crippen molar-refractivity contribution in [2.24, 2.45) is 0 Å². The van der Waals surface area contributed by atoms with Crippen molar-refractivity contribution in [3.05, 3.63) is 121 Å². The second-order valence-electron chi connectivity index (χ2n) is 10.6. The number of fused-ring (bicyclic) bond motifs is 13. The maximum Gasteiger partial charge on any atom is 0.165 e. The summed E-state index contributed by atoms with van der Waals surface area (Å²) in [6.45, 7) is 0. The molecule has 10 aromatic rings. The van der Waals surface area contributed by atoms with E-state index >= 15 is 0 Å². The molecule has 0 amide bonds. The molecule has 0 aliphatic carbocycles. The average molecular weight is 509 g/mol. The molecular weight excluding hydrogens is 488 g/mol. The maximum absolute atomic E-state index is 5.30. The lowest BCUT2D eigenvalue weighted by Gasteiger charge is -2.09. The summed E-state index contributed by atoms with van der Waals surface area (Å²) in [6, 6.07) is 43.2. The molecule has 4 heterocycles. The van der Waals surface area contributed by atoms with Gasteiger partial charge in [0.15, 0.2) is 5.65 Å². The Hall–Kier alpha value is -5.48. The van der Waals surface area contributed by atoms with Gasteiger partial charge in [-0.1, -0.05) is 78.9 Å². The summed E-state index contributed by atoms with van der Waals surface area (Å²) in [5, 5.41) is 8.65. The Morgan fingerprint density at radius 3 is 2.08 bits per heavy atom. The quantitative estimate of drug-likeness (QED) is 0.222. The number of hydrogen-bond donors (Lipinski definition) is 0. The van der Waals surface area contributed by atoms with E-state index in [0.717, 1.165) is 33.3 Å². The van der Waals surface area contributed by atoms with Gasteiger partial charge in [-0.2, -0.15) is 0 Å². The summed E-state index contributed by atoms with van der Waals surface area (Å²) in [5.41, 5.74) is 9.53. The van der Waals surface area contributed by atoms with Gasteiger partial charge in [-0.05, 0) is 53.2 Å². The van der Waals surface area contributed by atoms with Crippen LogP contribution in [0.5, 0.6) is 0 Å². The van der Waals surface area contributed by atoms with Crippen molar-refractivity contribution in [1.29, 1.82) is 0 Å². The van der Waals surface area contributed by atoms with Gasteiger partial charge in [-0.25, -0.2) is 9.97 Å². The van der Waals surface area contributed by atoms with E-state index in [1.165, 1.54) is 54.4 Å². The Balaban J connectivity index is 1.59. The van der Waals surface area contributed by atoms with E-state index in [9.17, 15) is 0 Å². The molecule has 40 heavy (non-hydrogen) atoms. The molecule has 0 bridgehead atoms. The largest absolute Gasteiger partial charge is 0.308 e. The molecule has 0 fully saturated rings. The molecule has 6 aromatic carbocycles. The summed E-state index contributed by atoms with van der Waals surface area (Å²) in [4.78, 5) is 10.5. The van der Waals surface area contributed by atoms with Crippen molar-refractivity contribution in [2.75, 3.05) is 0 Å². The van der Waals surface area contributed by atoms with E-state index in [2.05, 4.69) is 118 Å². The maximum atomic E-state index is 5.30. The molecular formula is C36H20N4. The number of benzene rings is 6. The van der Waals surface area contributed by atoms with Crippen LogP contribution in [0.1, 0.15) is 0 Å². The van der Waals surface area contributed by atoms with Gasteiger partial charge in [0.1, 0.15) is 5.52 Å². The zero-order valence-corrected chi connectivity index (χ0v) is 21.3. The van der Waals surface area contributed by atoms with Crippen molar-refractivity contribution in [3.8, 4) is 5.69 Å². The molecule has 0 saturated heterocycles. The first-order chi connectivity index (χ1) is 19.9. The van der Waals surface area contributed by atoms with Crippen LogP contribution in [-0.4, -0.2) is 18.9 Å². The van der Waals surface area contributed by atoms with Crippen molar-refractivity contribution < 1.29 is 0 Å². The van der Waals surface area contributed by atoms with Crippen LogP contribution < -0.4 is 0 Å². The zero-order chi connectivity index (χ0) is 25.9. The number of para-hydroxylation sites is 4. The minimum absolute atomic E-state index is 0.904. The molecule has 0 saturated carbocycles. The summed E-state index contributed by atoms with van der Waals surface area (Å²) in [7, 11) is 0. The molecule has 0 radical (unpaired) electrons. The highest BCUT2D eigenvalue weighted by Gasteiger charge is 2.26. The Morgan fingerprint density at radius 1 is 0.475 bits per heavy atom. The molecule has 0 spiro atoms. The lowest BCUT2D eigenvalue weighted by Crippen LogP contribution is -1.94. The second kappa shape index (κ2) is 7.13. The number of nitrogens with zero attached hydrogens (tertiary/aromatic N) is 4. The van der Waals surface area contributed by atoms with Gasteiger partial charge in [0.05, 0.1) is 38.5 Å². The summed E-state index contributed by atoms with van der Waals surface area (Å²) in [5.74, 6) is 0. The smallest absolute Gasteiger partial charge is 0.165 e. The Labute approximate surface area is 227 Å². The molecule has 184 valence electrons. The molecule has 0 aliphatic heterocycles. The van der Waals surface area contributed by atoms with Crippen molar-refractivity contribution >= 4 is 82.0 Å². The number of hydrogen-bond acceptors (Lipinski definition) is 2. The minimum Gasteiger partial charge on any atom is -0.308 e. The predicted molar refractivity (Wildman–Crippen MR) is 166 cm³/mol. The van der Waals surface area contributed by atoms with Gasteiger partial charge in [-0.15, -0.1) is 0 Å². The highest BCUT2D eigenvalue weighted by molar-refractivity contribution is 6.36. The van der Waals surface area contributed by atoms with Gasteiger partial charge in [0, 0.05) is 27.2 Å². The van der Waals surface area contributed by atoms with Gasteiger partial charge >= 0.3 is 0 Å². The third-order valence-electron chi connectivity index (χ3n) is 8.59. The van der Waals surface area contributed by atoms with Gasteiger partial charge in [0.2, 0.25) is 0 Å². The predicted octanol–water partition coefficient (Wildman–Crippen LogP) is 9.03. The van der Waals surface area contributed by atoms with Crippen LogP contribution in [0.25, 0.3) is 87.7 Å². The summed E-state index contributed by atoms with van der Waals surface area (Å²) in [6.07, 6.45) is 0. The molecule has 10 rings (SSSR count). The molecule has 4 aromatic heterocycles. The van der Waals surface area contributed by atoms with Gasteiger partial charge in [-0.3, -0.25) is 4.40 Å². The molecule has 4 nitrogen and oxygen atoms in total. The van der Waals surface area contributed by atoms with Crippen LogP contribution in [0, 0.1) is 0 Å². The van der Waals surface area contributed by atoms with E-state index in [4.69, 9.17) is 9.97 Å². The first-order valence-electron chi connectivity index (χ1n) is 13.6. The van der Waals surface area contributed by atoms with E-state index < -0.39 is 0 Å². The van der Waals surface area contributed by atoms with E-state index in [1.54, 1.807) is 0 Å². The first-order valence-corrected chi connectivity index (χ1v) is 13.6. The van der Waals surface area contributed by atoms with Crippen LogP contribution in [0.4, 0.5) is 0 Å². The molecule has 0 aliphatic rings. The lowest BCUT2D eigenvalue weighted by molar-refractivity contribution is 1.19. The van der Waals surface area contributed by atoms with Crippen LogP contribution >= 0.6 is 0 Å². The first kappa shape index (κ1) is 20.5. The van der Waals surface area contributed by atoms with Crippen LogP contribution in [0.15, 0.2) is 121 Å². The summed E-state index contributed by atoms with van der Waals surface area (Å²) >= 11 is 0. The van der Waals surface area contributed by atoms with Crippen molar-refractivity contribution in [3.63, 3.8) is 0 Å².